The molecule has 5 aromatic rings. The van der Waals surface area contributed by atoms with E-state index in [4.69, 9.17) is 49.5 Å². The molecule has 0 amide bonds. The van der Waals surface area contributed by atoms with Crippen LogP contribution in [0.1, 0.15) is 18.7 Å². The normalized spacial score (nSPS) is 32.1. The monoisotopic (exact) mass is 917 g/mol. The number of nitrogen functional groups attached to an aromatic ring is 3. The smallest absolute Gasteiger partial charge is 0.394 e. The highest BCUT2D eigenvalue weighted by molar-refractivity contribution is 7.47. The number of phosphoric acid groups is 2. The quantitative estimate of drug-likeness (QED) is 0.0465. The van der Waals surface area contributed by atoms with Crippen molar-refractivity contribution in [3.05, 3.63) is 52.1 Å². The molecular formula is C29H37N13O18P2. The van der Waals surface area contributed by atoms with Crippen LogP contribution in [0.2, 0.25) is 0 Å². The number of aromatic nitrogens is 10. The number of phosphoric ester groups is 2. The summed E-state index contributed by atoms with van der Waals surface area (Å²) in [6.07, 6.45) is -16.0. The molecule has 0 saturated carbocycles. The number of rotatable bonds is 14. The molecule has 14 atom stereocenters. The highest BCUT2D eigenvalue weighted by atomic mass is 31.2. The predicted octanol–water partition coefficient (Wildman–Crippen LogP) is -4.90. The second-order valence-corrected chi connectivity index (χ2v) is 16.7. The van der Waals surface area contributed by atoms with Gasteiger partial charge >= 0.3 is 21.3 Å². The summed E-state index contributed by atoms with van der Waals surface area (Å²) in [5, 5.41) is 53.9. The summed E-state index contributed by atoms with van der Waals surface area (Å²) in [5.41, 5.74) is 15.2. The van der Waals surface area contributed by atoms with Crippen LogP contribution in [-0.4, -0.2) is 159 Å². The van der Waals surface area contributed by atoms with Gasteiger partial charge in [0.1, 0.15) is 72.6 Å². The summed E-state index contributed by atoms with van der Waals surface area (Å²) in [6.45, 7) is -2.86. The molecule has 8 rings (SSSR count). The van der Waals surface area contributed by atoms with Gasteiger partial charge in [-0.15, -0.1) is 0 Å². The fourth-order valence-electron chi connectivity index (χ4n) is 7.05. The van der Waals surface area contributed by atoms with Crippen LogP contribution in [0.4, 0.5) is 17.6 Å². The number of ether oxygens (including phenoxy) is 3. The average Bonchev–Trinajstić information content (AvgIpc) is 4.02. The van der Waals surface area contributed by atoms with Crippen LogP contribution in [0, 0.1) is 0 Å². The van der Waals surface area contributed by atoms with Crippen molar-refractivity contribution in [2.24, 2.45) is 0 Å². The molecule has 3 aliphatic heterocycles. The molecule has 33 heteroatoms. The van der Waals surface area contributed by atoms with Gasteiger partial charge in [0.2, 0.25) is 5.95 Å². The van der Waals surface area contributed by atoms with Crippen molar-refractivity contribution < 1.29 is 76.8 Å². The third kappa shape index (κ3) is 8.21. The van der Waals surface area contributed by atoms with E-state index in [-0.39, 0.29) is 39.9 Å². The summed E-state index contributed by atoms with van der Waals surface area (Å²) in [5.74, 6) is -0.491. The largest absolute Gasteiger partial charge is 0.472 e. The second-order valence-electron chi connectivity index (χ2n) is 13.9. The number of aliphatic hydroxyl groups excluding tert-OH is 5. The predicted molar refractivity (Wildman–Crippen MR) is 199 cm³/mol. The molecule has 0 radical (unpaired) electrons. The number of H-pyrrole nitrogens is 1. The Morgan fingerprint density at radius 3 is 1.94 bits per heavy atom. The van der Waals surface area contributed by atoms with E-state index in [1.54, 1.807) is 0 Å². The van der Waals surface area contributed by atoms with Gasteiger partial charge in [-0.1, -0.05) is 0 Å². The number of hydrogen-bond donors (Lipinski definition) is 11. The van der Waals surface area contributed by atoms with Crippen molar-refractivity contribution in [1.29, 1.82) is 0 Å². The Bertz CT molecular complexity index is 2680. The molecule has 0 bridgehead atoms. The number of nitrogens with two attached hydrogens (primary N) is 3. The summed E-state index contributed by atoms with van der Waals surface area (Å²) in [4.78, 5) is 72.0. The highest BCUT2D eigenvalue weighted by Gasteiger charge is 2.53. The molecule has 2 unspecified atom stereocenters. The zero-order valence-corrected chi connectivity index (χ0v) is 33.0. The Hall–Kier alpha value is -4.92. The van der Waals surface area contributed by atoms with Crippen molar-refractivity contribution in [2.45, 2.75) is 73.6 Å². The van der Waals surface area contributed by atoms with Gasteiger partial charge in [0, 0.05) is 6.20 Å². The molecule has 62 heavy (non-hydrogen) atoms. The zero-order chi connectivity index (χ0) is 44.4. The number of imidazole rings is 2. The number of aliphatic hydroxyl groups is 5. The molecule has 0 aliphatic carbocycles. The van der Waals surface area contributed by atoms with Crippen LogP contribution in [-0.2, 0) is 41.4 Å². The maximum Gasteiger partial charge on any atom is 0.472 e. The van der Waals surface area contributed by atoms with Gasteiger partial charge in [-0.25, -0.2) is 33.9 Å². The van der Waals surface area contributed by atoms with Crippen LogP contribution in [0.3, 0.4) is 0 Å². The van der Waals surface area contributed by atoms with E-state index in [1.165, 1.54) is 6.07 Å². The molecule has 8 heterocycles. The first kappa shape index (κ1) is 43.7. The summed E-state index contributed by atoms with van der Waals surface area (Å²) in [7, 11) is -10.7. The highest BCUT2D eigenvalue weighted by Crippen LogP contribution is 2.52. The third-order valence-corrected chi connectivity index (χ3v) is 11.9. The van der Waals surface area contributed by atoms with Gasteiger partial charge in [-0.05, 0) is 6.07 Å². The van der Waals surface area contributed by atoms with Crippen LogP contribution in [0.5, 0.6) is 0 Å². The number of hydrogen-bond acceptors (Lipinski definition) is 25. The summed E-state index contributed by atoms with van der Waals surface area (Å²) in [6, 6.07) is 1.21. The van der Waals surface area contributed by atoms with Crippen molar-refractivity contribution >= 4 is 55.6 Å². The number of nitrogens with zero attached hydrogens (tertiary/aromatic N) is 9. The Balaban J connectivity index is 0.984. The summed E-state index contributed by atoms with van der Waals surface area (Å²) < 4.78 is 67.7. The molecule has 336 valence electrons. The maximum atomic E-state index is 13.5. The van der Waals surface area contributed by atoms with Crippen LogP contribution in [0.15, 0.2) is 40.8 Å². The second kappa shape index (κ2) is 16.7. The topological polar surface area (TPSA) is 460 Å². The molecule has 0 spiro atoms. The van der Waals surface area contributed by atoms with E-state index in [9.17, 15) is 54.0 Å². The van der Waals surface area contributed by atoms with Gasteiger partial charge in [0.15, 0.2) is 41.3 Å². The van der Waals surface area contributed by atoms with E-state index in [0.29, 0.717) is 0 Å². The van der Waals surface area contributed by atoms with Gasteiger partial charge < -0.3 is 66.7 Å². The van der Waals surface area contributed by atoms with Gasteiger partial charge in [-0.2, -0.15) is 9.97 Å². The van der Waals surface area contributed by atoms with Crippen LogP contribution in [0.25, 0.3) is 22.3 Å². The van der Waals surface area contributed by atoms with E-state index in [2.05, 4.69) is 34.9 Å². The Morgan fingerprint density at radius 2 is 1.27 bits per heavy atom. The lowest BCUT2D eigenvalue weighted by molar-refractivity contribution is -0.0621. The fourth-order valence-corrected chi connectivity index (χ4v) is 8.97. The van der Waals surface area contributed by atoms with E-state index in [1.807, 2.05) is 0 Å². The first-order valence-corrected chi connectivity index (χ1v) is 21.0. The van der Waals surface area contributed by atoms with Crippen LogP contribution < -0.4 is 28.5 Å². The minimum atomic E-state index is -5.37. The molecule has 5 aromatic heterocycles. The lowest BCUT2D eigenvalue weighted by Crippen LogP contribution is -2.38. The van der Waals surface area contributed by atoms with E-state index < -0.39 is 120 Å². The van der Waals surface area contributed by atoms with Gasteiger partial charge in [0.25, 0.3) is 5.56 Å². The molecule has 0 aromatic carbocycles. The van der Waals surface area contributed by atoms with Gasteiger partial charge in [0.05, 0.1) is 32.5 Å². The molecule has 3 saturated heterocycles. The number of nitrogens with one attached hydrogen (secondary N) is 1. The SMILES string of the molecule is Nc1ccn([C@@H]2O[C@H](CO)[C@@H](OP(=O)(O)OC[C@H]3O[C@@H](n4cnc5c(N)ncnc54)[C@H](O)[C@@H]3OP(=O)(O)OC[C@H]3O[C@@H](n4cnc5c(=O)[nH]c(N)nc54)[C@H](O)[C@@H]3O)[C@H]2O)c(=O)n1. The van der Waals surface area contributed by atoms with Crippen LogP contribution >= 0.6 is 15.6 Å². The van der Waals surface area contributed by atoms with Crippen molar-refractivity contribution in [3.63, 3.8) is 0 Å². The first-order chi connectivity index (χ1) is 29.4. The molecule has 31 nitrogen and oxygen atoms in total. The summed E-state index contributed by atoms with van der Waals surface area (Å²) >= 11 is 0. The minimum absolute atomic E-state index is 0.0188. The Morgan fingerprint density at radius 1 is 0.710 bits per heavy atom. The number of anilines is 3. The Kier molecular flexibility index (Phi) is 11.7. The molecule has 3 fully saturated rings. The lowest BCUT2D eigenvalue weighted by Gasteiger charge is -2.25. The zero-order valence-electron chi connectivity index (χ0n) is 31.2. The number of aromatic amines is 1. The Labute approximate surface area is 343 Å². The van der Waals surface area contributed by atoms with E-state index in [0.717, 1.165) is 38.9 Å². The van der Waals surface area contributed by atoms with Gasteiger partial charge in [-0.3, -0.25) is 41.6 Å². The van der Waals surface area contributed by atoms with E-state index >= 15 is 0 Å². The maximum absolute atomic E-state index is 13.5. The van der Waals surface area contributed by atoms with Crippen molar-refractivity contribution in [1.82, 2.24) is 48.6 Å². The van der Waals surface area contributed by atoms with Crippen molar-refractivity contribution in [2.75, 3.05) is 37.0 Å². The molecule has 3 aliphatic rings. The minimum Gasteiger partial charge on any atom is -0.394 e. The first-order valence-electron chi connectivity index (χ1n) is 18.0. The van der Waals surface area contributed by atoms with Crippen molar-refractivity contribution in [3.8, 4) is 0 Å². The molecular weight excluding hydrogens is 880 g/mol. The molecule has 14 N–H and O–H groups in total. The standard InChI is InChI=1S/C29H37N13O18P2/c30-12-1-2-40(29(49)37-12)26-17(46)19(9(3-43)56-26)59-62(52,53)55-5-11-20(18(47)27(58-11)41-7-35-13-21(31)33-6-34-22(13)41)60-61(50,51)54-4-10-15(44)16(45)25(57-10)42-8-36-14-23(42)38-28(32)39-24(14)48/h1-2,6-11,15-20,25-27,43-47H,3-5H2,(H,50,51)(H,52,53)(H2,30,37,49)(H2,31,33,34)(H3,32,38,39,48)/t9-,10-,11-,15-,16-,17-,18-,19-,20-,25-,26-,27-/m1/s1. The number of fused-ring (bicyclic) bond motifs is 2. The average molecular weight is 918 g/mol. The fraction of sp³-hybridized carbons (Fsp3) is 0.517. The lowest BCUT2D eigenvalue weighted by atomic mass is 10.1. The third-order valence-electron chi connectivity index (χ3n) is 9.96.